The van der Waals surface area contributed by atoms with Crippen LogP contribution in [0.25, 0.3) is 0 Å². The van der Waals surface area contributed by atoms with E-state index in [0.29, 0.717) is 6.54 Å². The maximum Gasteiger partial charge on any atom is 0.248 e. The molecule has 0 amide bonds. The maximum absolute atomic E-state index is 12.9. The molecule has 24 heavy (non-hydrogen) atoms. The number of alkyl halides is 2. The van der Waals surface area contributed by atoms with Gasteiger partial charge in [0, 0.05) is 45.1 Å². The zero-order valence-electron chi connectivity index (χ0n) is 14.0. The van der Waals surface area contributed by atoms with E-state index >= 15 is 0 Å². The third-order valence-corrected chi connectivity index (χ3v) is 6.30. The Morgan fingerprint density at radius 1 is 1.42 bits per heavy atom. The lowest BCUT2D eigenvalue weighted by atomic mass is 9.83. The van der Waals surface area contributed by atoms with E-state index in [0.717, 1.165) is 30.9 Å². The number of aryl methyl sites for hydroxylation is 2. The van der Waals surface area contributed by atoms with Crippen molar-refractivity contribution in [1.82, 2.24) is 14.5 Å². The van der Waals surface area contributed by atoms with Crippen LogP contribution in [-0.4, -0.2) is 49.0 Å². The number of nitrogens with zero attached hydrogens (tertiary/aromatic N) is 3. The molecule has 1 N–H and O–H groups in total. The van der Waals surface area contributed by atoms with Crippen LogP contribution in [0, 0.1) is 12.8 Å². The number of aromatic nitrogens is 2. The standard InChI is InChI=1S/C15H24F2N4O2S/c1-11-6-14(20(2)18-11)21-5-3-4-13(9-21)19-24(22,23)10-12-7-15(16,17)8-12/h6,12-13,19H,3-5,7-10H2,1-2H3/t13-/m0/s1. The average molecular weight is 362 g/mol. The molecule has 0 unspecified atom stereocenters. The Morgan fingerprint density at radius 2 is 2.12 bits per heavy atom. The summed E-state index contributed by atoms with van der Waals surface area (Å²) in [7, 11) is -1.67. The Hall–Kier alpha value is -1.22. The van der Waals surface area contributed by atoms with Crippen LogP contribution in [0.1, 0.15) is 31.4 Å². The second-order valence-electron chi connectivity index (χ2n) is 7.08. The highest BCUT2D eigenvalue weighted by atomic mass is 32.2. The first-order valence-electron chi connectivity index (χ1n) is 8.27. The van der Waals surface area contributed by atoms with Crippen molar-refractivity contribution >= 4 is 15.8 Å². The number of halogens is 2. The van der Waals surface area contributed by atoms with Crippen molar-refractivity contribution in [2.75, 3.05) is 23.7 Å². The molecule has 0 bridgehead atoms. The van der Waals surface area contributed by atoms with Crippen molar-refractivity contribution in [2.45, 2.75) is 44.6 Å². The average Bonchev–Trinajstić information content (AvgIpc) is 2.75. The summed E-state index contributed by atoms with van der Waals surface area (Å²) in [4.78, 5) is 2.12. The van der Waals surface area contributed by atoms with E-state index in [1.165, 1.54) is 0 Å². The van der Waals surface area contributed by atoms with E-state index in [4.69, 9.17) is 0 Å². The van der Waals surface area contributed by atoms with Gasteiger partial charge in [0.05, 0.1) is 11.4 Å². The van der Waals surface area contributed by atoms with Gasteiger partial charge in [0.2, 0.25) is 15.9 Å². The lowest BCUT2D eigenvalue weighted by Gasteiger charge is -2.36. The lowest BCUT2D eigenvalue weighted by molar-refractivity contribution is -0.103. The van der Waals surface area contributed by atoms with Crippen LogP contribution in [-0.2, 0) is 17.1 Å². The normalized spacial score (nSPS) is 24.8. The summed E-state index contributed by atoms with van der Waals surface area (Å²) in [5.74, 6) is -2.35. The first-order valence-corrected chi connectivity index (χ1v) is 9.92. The van der Waals surface area contributed by atoms with Crippen LogP contribution in [0.15, 0.2) is 6.07 Å². The molecule has 1 aliphatic carbocycles. The van der Waals surface area contributed by atoms with Crippen LogP contribution in [0.3, 0.4) is 0 Å². The fraction of sp³-hybridized carbons (Fsp3) is 0.800. The second-order valence-corrected chi connectivity index (χ2v) is 8.88. The van der Waals surface area contributed by atoms with E-state index in [1.807, 2.05) is 20.0 Å². The van der Waals surface area contributed by atoms with E-state index in [2.05, 4.69) is 14.7 Å². The summed E-state index contributed by atoms with van der Waals surface area (Å²) < 4.78 is 54.7. The molecular formula is C15H24F2N4O2S. The highest BCUT2D eigenvalue weighted by Crippen LogP contribution is 2.42. The van der Waals surface area contributed by atoms with E-state index in [9.17, 15) is 17.2 Å². The van der Waals surface area contributed by atoms with Gasteiger partial charge >= 0.3 is 0 Å². The van der Waals surface area contributed by atoms with Crippen LogP contribution < -0.4 is 9.62 Å². The molecule has 6 nitrogen and oxygen atoms in total. The lowest BCUT2D eigenvalue weighted by Crippen LogP contribution is -2.50. The van der Waals surface area contributed by atoms with Gasteiger partial charge in [-0.15, -0.1) is 0 Å². The van der Waals surface area contributed by atoms with E-state index in [1.54, 1.807) is 4.68 Å². The number of nitrogens with one attached hydrogen (secondary N) is 1. The molecule has 3 rings (SSSR count). The number of piperidine rings is 1. The molecule has 136 valence electrons. The summed E-state index contributed by atoms with van der Waals surface area (Å²) in [5.41, 5.74) is 0.918. The van der Waals surface area contributed by atoms with Gasteiger partial charge in [-0.25, -0.2) is 21.9 Å². The number of rotatable bonds is 5. The molecule has 1 aromatic heterocycles. The third-order valence-electron chi connectivity index (χ3n) is 4.70. The molecule has 9 heteroatoms. The molecule has 0 aromatic carbocycles. The smallest absolute Gasteiger partial charge is 0.248 e. The summed E-state index contributed by atoms with van der Waals surface area (Å²) in [6.07, 6.45) is 0.990. The molecule has 0 spiro atoms. The predicted octanol–water partition coefficient (Wildman–Crippen LogP) is 1.66. The Balaban J connectivity index is 1.58. The minimum Gasteiger partial charge on any atom is -0.355 e. The largest absolute Gasteiger partial charge is 0.355 e. The zero-order valence-corrected chi connectivity index (χ0v) is 14.8. The van der Waals surface area contributed by atoms with Crippen LogP contribution in [0.2, 0.25) is 0 Å². The topological polar surface area (TPSA) is 67.2 Å². The van der Waals surface area contributed by atoms with E-state index < -0.39 is 21.9 Å². The number of hydrogen-bond acceptors (Lipinski definition) is 4. The van der Waals surface area contributed by atoms with Crippen molar-refractivity contribution in [1.29, 1.82) is 0 Å². The molecule has 2 fully saturated rings. The molecule has 1 saturated carbocycles. The molecule has 0 radical (unpaired) electrons. The van der Waals surface area contributed by atoms with Crippen LogP contribution in [0.4, 0.5) is 14.6 Å². The quantitative estimate of drug-likeness (QED) is 0.865. The first-order chi connectivity index (χ1) is 11.1. The highest BCUT2D eigenvalue weighted by molar-refractivity contribution is 7.89. The fourth-order valence-electron chi connectivity index (χ4n) is 3.69. The monoisotopic (exact) mass is 362 g/mol. The molecule has 2 aliphatic rings. The van der Waals surface area contributed by atoms with Crippen molar-refractivity contribution < 1.29 is 17.2 Å². The highest BCUT2D eigenvalue weighted by Gasteiger charge is 2.46. The van der Waals surface area contributed by atoms with Crippen molar-refractivity contribution in [3.05, 3.63) is 11.8 Å². The third kappa shape index (κ3) is 4.05. The molecule has 1 aliphatic heterocycles. The molecular weight excluding hydrogens is 338 g/mol. The summed E-state index contributed by atoms with van der Waals surface area (Å²) >= 11 is 0. The molecule has 2 heterocycles. The Morgan fingerprint density at radius 3 is 2.71 bits per heavy atom. The van der Waals surface area contributed by atoms with Gasteiger partial charge in [-0.05, 0) is 25.7 Å². The van der Waals surface area contributed by atoms with Crippen LogP contribution >= 0.6 is 0 Å². The summed E-state index contributed by atoms with van der Waals surface area (Å²) in [6, 6.07) is 1.78. The summed E-state index contributed by atoms with van der Waals surface area (Å²) in [6.45, 7) is 3.34. The minimum absolute atomic E-state index is 0.195. The SMILES string of the molecule is Cc1cc(N2CCC[C@H](NS(=O)(=O)CC3CC(F)(F)C3)C2)n(C)n1. The summed E-state index contributed by atoms with van der Waals surface area (Å²) in [5, 5.41) is 4.32. The number of hydrogen-bond donors (Lipinski definition) is 1. The Labute approximate surface area is 141 Å². The number of sulfonamides is 1. The molecule has 1 aromatic rings. The molecule has 1 saturated heterocycles. The van der Waals surface area contributed by atoms with Crippen molar-refractivity contribution in [3.8, 4) is 0 Å². The second kappa shape index (κ2) is 6.25. The first kappa shape index (κ1) is 17.6. The number of anilines is 1. The van der Waals surface area contributed by atoms with Gasteiger partial charge in [-0.3, -0.25) is 4.68 Å². The van der Waals surface area contributed by atoms with Gasteiger partial charge < -0.3 is 4.90 Å². The van der Waals surface area contributed by atoms with Crippen molar-refractivity contribution in [3.63, 3.8) is 0 Å². The predicted molar refractivity (Wildman–Crippen MR) is 87.8 cm³/mol. The van der Waals surface area contributed by atoms with Crippen LogP contribution in [0.5, 0.6) is 0 Å². The maximum atomic E-state index is 12.9. The Kier molecular flexibility index (Phi) is 4.59. The fourth-order valence-corrected chi connectivity index (χ4v) is 5.34. The molecule has 1 atom stereocenters. The minimum atomic E-state index is -3.53. The Bertz CT molecular complexity index is 696. The van der Waals surface area contributed by atoms with Gasteiger partial charge in [0.15, 0.2) is 0 Å². The van der Waals surface area contributed by atoms with Gasteiger partial charge in [0.1, 0.15) is 5.82 Å². The van der Waals surface area contributed by atoms with Gasteiger partial charge in [0.25, 0.3) is 0 Å². The van der Waals surface area contributed by atoms with Crippen molar-refractivity contribution in [2.24, 2.45) is 13.0 Å². The van der Waals surface area contributed by atoms with Gasteiger partial charge in [-0.1, -0.05) is 0 Å². The zero-order chi connectivity index (χ0) is 17.5. The van der Waals surface area contributed by atoms with Gasteiger partial charge in [-0.2, -0.15) is 5.10 Å². The van der Waals surface area contributed by atoms with E-state index in [-0.39, 0.29) is 24.6 Å².